The third kappa shape index (κ3) is 3.27. The van der Waals surface area contributed by atoms with Gasteiger partial charge in [0, 0.05) is 16.2 Å². The molecule has 0 fully saturated rings. The highest BCUT2D eigenvalue weighted by atomic mass is 32.2. The number of hydrogen-bond donors (Lipinski definition) is 1. The number of hydroxylamine groups is 1. The van der Waals surface area contributed by atoms with Crippen LogP contribution in [0.3, 0.4) is 0 Å². The first kappa shape index (κ1) is 12.5. The van der Waals surface area contributed by atoms with E-state index in [1.54, 1.807) is 0 Å². The Hall–Kier alpha value is -0.930. The van der Waals surface area contributed by atoms with Crippen LogP contribution >= 0.6 is 11.8 Å². The summed E-state index contributed by atoms with van der Waals surface area (Å²) in [6, 6.07) is 6.21. The molecule has 0 saturated heterocycles. The zero-order chi connectivity index (χ0) is 12.5. The molecule has 1 aliphatic heterocycles. The number of fused-ring (bicyclic) bond motifs is 1. The van der Waals surface area contributed by atoms with E-state index in [2.05, 4.69) is 39.0 Å². The van der Waals surface area contributed by atoms with Crippen LogP contribution < -0.4 is 5.06 Å². The van der Waals surface area contributed by atoms with Gasteiger partial charge in [-0.1, -0.05) is 32.9 Å². The summed E-state index contributed by atoms with van der Waals surface area (Å²) in [6.45, 7) is 7.30. The van der Waals surface area contributed by atoms with Gasteiger partial charge < -0.3 is 0 Å². The van der Waals surface area contributed by atoms with Crippen LogP contribution in [0.4, 0.5) is 5.69 Å². The first-order chi connectivity index (χ1) is 7.96. The summed E-state index contributed by atoms with van der Waals surface area (Å²) >= 11 is 1.87. The topological polar surface area (TPSA) is 23.5 Å². The van der Waals surface area contributed by atoms with Gasteiger partial charge in [0.15, 0.2) is 0 Å². The second-order valence-corrected chi connectivity index (χ2v) is 6.60. The fraction of sp³-hybridized carbons (Fsp3) is 0.429. The van der Waals surface area contributed by atoms with E-state index in [4.69, 9.17) is 0 Å². The fourth-order valence-corrected chi connectivity index (χ4v) is 2.64. The monoisotopic (exact) mass is 249 g/mol. The van der Waals surface area contributed by atoms with Crippen LogP contribution in [0.5, 0.6) is 0 Å². The Bertz CT molecular complexity index is 434. The second-order valence-electron chi connectivity index (χ2n) is 5.55. The Morgan fingerprint density at radius 2 is 2.12 bits per heavy atom. The van der Waals surface area contributed by atoms with Gasteiger partial charge in [-0.25, -0.2) is 0 Å². The maximum Gasteiger partial charge on any atom is 0.0710 e. The van der Waals surface area contributed by atoms with Gasteiger partial charge in [0.1, 0.15) is 0 Å². The highest BCUT2D eigenvalue weighted by Gasteiger charge is 2.14. The minimum Gasteiger partial charge on any atom is -0.288 e. The van der Waals surface area contributed by atoms with Crippen molar-refractivity contribution in [3.05, 3.63) is 29.8 Å². The van der Waals surface area contributed by atoms with E-state index < -0.39 is 0 Å². The summed E-state index contributed by atoms with van der Waals surface area (Å²) in [4.78, 5) is 1.26. The predicted octanol–water partition coefficient (Wildman–Crippen LogP) is 4.05. The molecule has 2 rings (SSSR count). The molecule has 0 bridgehead atoms. The maximum atomic E-state index is 9.69. The van der Waals surface area contributed by atoms with Crippen molar-refractivity contribution in [2.45, 2.75) is 25.7 Å². The molecule has 1 aromatic carbocycles. The van der Waals surface area contributed by atoms with E-state index in [0.717, 1.165) is 17.0 Å². The molecule has 1 aromatic rings. The van der Waals surface area contributed by atoms with Gasteiger partial charge in [-0.2, -0.15) is 0 Å². The third-order valence-electron chi connectivity index (χ3n) is 2.52. The number of rotatable bonds is 2. The SMILES string of the molecule is CC(C)(C)CSc1ccc2c(c1)C=CCN2O. The van der Waals surface area contributed by atoms with Crippen LogP contribution in [0.25, 0.3) is 6.08 Å². The highest BCUT2D eigenvalue weighted by Crippen LogP contribution is 2.32. The molecule has 0 saturated carbocycles. The molecule has 92 valence electrons. The van der Waals surface area contributed by atoms with Crippen molar-refractivity contribution in [1.29, 1.82) is 0 Å². The molecule has 17 heavy (non-hydrogen) atoms. The Kier molecular flexibility index (Phi) is 3.50. The summed E-state index contributed by atoms with van der Waals surface area (Å²) in [6.07, 6.45) is 4.05. The van der Waals surface area contributed by atoms with Crippen LogP contribution in [-0.2, 0) is 0 Å². The molecule has 3 heteroatoms. The lowest BCUT2D eigenvalue weighted by atomic mass is 10.0. The molecular formula is C14H19NOS. The molecule has 0 radical (unpaired) electrons. The molecule has 0 unspecified atom stereocenters. The van der Waals surface area contributed by atoms with Crippen LogP contribution in [0, 0.1) is 5.41 Å². The number of benzene rings is 1. The van der Waals surface area contributed by atoms with E-state index in [-0.39, 0.29) is 0 Å². The van der Waals surface area contributed by atoms with Gasteiger partial charge in [0.2, 0.25) is 0 Å². The minimum absolute atomic E-state index is 0.333. The smallest absolute Gasteiger partial charge is 0.0710 e. The number of anilines is 1. The molecule has 1 aliphatic rings. The summed E-state index contributed by atoms with van der Waals surface area (Å²) in [7, 11) is 0. The van der Waals surface area contributed by atoms with Gasteiger partial charge in [-0.15, -0.1) is 11.8 Å². The minimum atomic E-state index is 0.333. The average Bonchev–Trinajstić information content (AvgIpc) is 2.26. The lowest BCUT2D eigenvalue weighted by Gasteiger charge is -2.22. The number of nitrogens with zero attached hydrogens (tertiary/aromatic N) is 1. The van der Waals surface area contributed by atoms with E-state index in [1.165, 1.54) is 9.96 Å². The summed E-state index contributed by atoms with van der Waals surface area (Å²) in [5.74, 6) is 1.10. The molecule has 0 aromatic heterocycles. The molecule has 0 aliphatic carbocycles. The zero-order valence-electron chi connectivity index (χ0n) is 10.6. The third-order valence-corrected chi connectivity index (χ3v) is 4.12. The van der Waals surface area contributed by atoms with Crippen molar-refractivity contribution < 1.29 is 5.21 Å². The molecule has 0 atom stereocenters. The van der Waals surface area contributed by atoms with Crippen molar-refractivity contribution in [2.75, 3.05) is 17.4 Å². The van der Waals surface area contributed by atoms with E-state index in [1.807, 2.05) is 23.9 Å². The number of thioether (sulfide) groups is 1. The summed E-state index contributed by atoms with van der Waals surface area (Å²) < 4.78 is 0. The molecule has 2 nitrogen and oxygen atoms in total. The zero-order valence-corrected chi connectivity index (χ0v) is 11.4. The standard InChI is InChI=1S/C14H19NOS/c1-14(2,3)10-17-12-6-7-13-11(9-12)5-4-8-15(13)16/h4-7,9,16H,8,10H2,1-3H3. The molecular weight excluding hydrogens is 230 g/mol. The van der Waals surface area contributed by atoms with Gasteiger partial charge >= 0.3 is 0 Å². The fourth-order valence-electron chi connectivity index (χ4n) is 1.67. The maximum absolute atomic E-state index is 9.69. The van der Waals surface area contributed by atoms with E-state index in [0.29, 0.717) is 12.0 Å². The average molecular weight is 249 g/mol. The summed E-state index contributed by atoms with van der Waals surface area (Å²) in [5.41, 5.74) is 2.32. The molecule has 0 amide bonds. The Labute approximate surface area is 107 Å². The Morgan fingerprint density at radius 3 is 2.82 bits per heavy atom. The van der Waals surface area contributed by atoms with E-state index in [9.17, 15) is 5.21 Å². The molecule has 0 spiro atoms. The van der Waals surface area contributed by atoms with Crippen molar-refractivity contribution >= 4 is 23.5 Å². The first-order valence-electron chi connectivity index (χ1n) is 5.85. The lowest BCUT2D eigenvalue weighted by molar-refractivity contribution is 0.265. The van der Waals surface area contributed by atoms with Crippen LogP contribution in [0.2, 0.25) is 0 Å². The van der Waals surface area contributed by atoms with Crippen LogP contribution in [-0.4, -0.2) is 17.5 Å². The highest BCUT2D eigenvalue weighted by molar-refractivity contribution is 7.99. The van der Waals surface area contributed by atoms with Gasteiger partial charge in [-0.05, 0) is 23.6 Å². The normalized spacial score (nSPS) is 14.9. The number of hydrogen-bond acceptors (Lipinski definition) is 3. The largest absolute Gasteiger partial charge is 0.288 e. The first-order valence-corrected chi connectivity index (χ1v) is 6.84. The van der Waals surface area contributed by atoms with Crippen molar-refractivity contribution in [3.63, 3.8) is 0 Å². The Balaban J connectivity index is 2.15. The quantitative estimate of drug-likeness (QED) is 0.800. The van der Waals surface area contributed by atoms with Gasteiger partial charge in [-0.3, -0.25) is 10.3 Å². The van der Waals surface area contributed by atoms with Crippen LogP contribution in [0.1, 0.15) is 26.3 Å². The van der Waals surface area contributed by atoms with E-state index >= 15 is 0 Å². The Morgan fingerprint density at radius 1 is 1.35 bits per heavy atom. The van der Waals surface area contributed by atoms with Crippen molar-refractivity contribution in [2.24, 2.45) is 5.41 Å². The summed E-state index contributed by atoms with van der Waals surface area (Å²) in [5, 5.41) is 11.0. The molecule has 1 N–H and O–H groups in total. The van der Waals surface area contributed by atoms with Crippen molar-refractivity contribution in [3.8, 4) is 0 Å². The van der Waals surface area contributed by atoms with Crippen molar-refractivity contribution in [1.82, 2.24) is 0 Å². The molecule has 1 heterocycles. The van der Waals surface area contributed by atoms with Gasteiger partial charge in [0.05, 0.1) is 12.2 Å². The second kappa shape index (κ2) is 4.75. The lowest BCUT2D eigenvalue weighted by Crippen LogP contribution is -2.20. The predicted molar refractivity (Wildman–Crippen MR) is 74.8 cm³/mol. The van der Waals surface area contributed by atoms with Crippen LogP contribution in [0.15, 0.2) is 29.2 Å². The van der Waals surface area contributed by atoms with Gasteiger partial charge in [0.25, 0.3) is 0 Å².